The average molecular weight is 369 g/mol. The Morgan fingerprint density at radius 3 is 2.85 bits per heavy atom. The van der Waals surface area contributed by atoms with Crippen LogP contribution in [0.15, 0.2) is 36.4 Å². The Kier molecular flexibility index (Phi) is 4.45. The molecule has 2 aliphatic rings. The standard InChI is InChI=1S/C21H21ClN2O2/c1-13-18(22)6-3-7-19(13)24-12-16(11-20(24)25)21(26)23-17-9-8-14-4-2-5-15(14)10-17/h3,6-10,16H,2,4-5,11-12H2,1H3,(H,23,26)/t16-/m1/s1. The fourth-order valence-electron chi connectivity index (χ4n) is 3.90. The molecule has 1 saturated heterocycles. The van der Waals surface area contributed by atoms with E-state index in [0.717, 1.165) is 29.8 Å². The van der Waals surface area contributed by atoms with Gasteiger partial charge in [0.05, 0.1) is 5.92 Å². The molecule has 4 nitrogen and oxygen atoms in total. The minimum absolute atomic E-state index is 0.0375. The lowest BCUT2D eigenvalue weighted by Crippen LogP contribution is -2.28. The van der Waals surface area contributed by atoms with Crippen molar-refractivity contribution in [1.82, 2.24) is 0 Å². The van der Waals surface area contributed by atoms with Crippen LogP contribution in [0.5, 0.6) is 0 Å². The second-order valence-corrected chi connectivity index (χ2v) is 7.52. The van der Waals surface area contributed by atoms with Crippen molar-refractivity contribution in [1.29, 1.82) is 0 Å². The molecule has 1 N–H and O–H groups in total. The molecule has 2 amide bonds. The number of fused-ring (bicyclic) bond motifs is 1. The Balaban J connectivity index is 1.48. The van der Waals surface area contributed by atoms with Crippen molar-refractivity contribution < 1.29 is 9.59 Å². The van der Waals surface area contributed by atoms with Crippen molar-refractivity contribution >= 4 is 34.8 Å². The molecule has 1 heterocycles. The summed E-state index contributed by atoms with van der Waals surface area (Å²) in [4.78, 5) is 26.8. The highest BCUT2D eigenvalue weighted by Crippen LogP contribution is 2.32. The lowest BCUT2D eigenvalue weighted by Gasteiger charge is -2.19. The van der Waals surface area contributed by atoms with Gasteiger partial charge in [0, 0.05) is 29.4 Å². The number of nitrogens with zero attached hydrogens (tertiary/aromatic N) is 1. The Hall–Kier alpha value is -2.33. The Labute approximate surface area is 158 Å². The number of benzene rings is 2. The van der Waals surface area contributed by atoms with Crippen LogP contribution in [0, 0.1) is 12.8 Å². The van der Waals surface area contributed by atoms with E-state index in [4.69, 9.17) is 11.6 Å². The van der Waals surface area contributed by atoms with Gasteiger partial charge < -0.3 is 10.2 Å². The van der Waals surface area contributed by atoms with Crippen molar-refractivity contribution in [3.63, 3.8) is 0 Å². The van der Waals surface area contributed by atoms with Gasteiger partial charge >= 0.3 is 0 Å². The van der Waals surface area contributed by atoms with E-state index in [1.807, 2.05) is 25.1 Å². The number of hydrogen-bond acceptors (Lipinski definition) is 2. The van der Waals surface area contributed by atoms with Crippen LogP contribution in [-0.2, 0) is 22.4 Å². The summed E-state index contributed by atoms with van der Waals surface area (Å²) in [6.07, 6.45) is 3.60. The molecular formula is C21H21ClN2O2. The molecule has 1 aliphatic heterocycles. The first kappa shape index (κ1) is 17.1. The molecular weight excluding hydrogens is 348 g/mol. The molecule has 134 valence electrons. The van der Waals surface area contributed by atoms with Crippen LogP contribution in [0.1, 0.15) is 29.5 Å². The van der Waals surface area contributed by atoms with Gasteiger partial charge in [0.2, 0.25) is 11.8 Å². The molecule has 0 aromatic heterocycles. The first-order chi connectivity index (χ1) is 12.5. The fraction of sp³-hybridized carbons (Fsp3) is 0.333. The summed E-state index contributed by atoms with van der Waals surface area (Å²) in [5.74, 6) is -0.489. The monoisotopic (exact) mass is 368 g/mol. The zero-order valence-electron chi connectivity index (χ0n) is 14.7. The van der Waals surface area contributed by atoms with Crippen LogP contribution in [0.2, 0.25) is 5.02 Å². The summed E-state index contributed by atoms with van der Waals surface area (Å²) >= 11 is 6.18. The van der Waals surface area contributed by atoms with Crippen molar-refractivity contribution in [2.24, 2.45) is 5.92 Å². The quantitative estimate of drug-likeness (QED) is 0.885. The minimum Gasteiger partial charge on any atom is -0.326 e. The fourth-order valence-corrected chi connectivity index (χ4v) is 4.07. The van der Waals surface area contributed by atoms with Gasteiger partial charge in [-0.15, -0.1) is 0 Å². The molecule has 0 bridgehead atoms. The molecule has 26 heavy (non-hydrogen) atoms. The van der Waals surface area contributed by atoms with Crippen LogP contribution in [0.3, 0.4) is 0 Å². The SMILES string of the molecule is Cc1c(Cl)cccc1N1C[C@H](C(=O)Nc2ccc3c(c2)CCC3)CC1=O. The first-order valence-electron chi connectivity index (χ1n) is 9.01. The van der Waals surface area contributed by atoms with Gasteiger partial charge in [0.1, 0.15) is 0 Å². The molecule has 5 heteroatoms. The van der Waals surface area contributed by atoms with Crippen molar-refractivity contribution in [2.75, 3.05) is 16.8 Å². The molecule has 2 aromatic carbocycles. The van der Waals surface area contributed by atoms with Gasteiger partial charge in [0.15, 0.2) is 0 Å². The Morgan fingerprint density at radius 2 is 2.00 bits per heavy atom. The van der Waals surface area contributed by atoms with E-state index in [0.29, 0.717) is 11.6 Å². The molecule has 0 spiro atoms. The maximum atomic E-state index is 12.7. The van der Waals surface area contributed by atoms with E-state index in [2.05, 4.69) is 17.4 Å². The molecule has 1 aliphatic carbocycles. The lowest BCUT2D eigenvalue weighted by atomic mass is 10.1. The number of anilines is 2. The largest absolute Gasteiger partial charge is 0.326 e. The van der Waals surface area contributed by atoms with E-state index < -0.39 is 0 Å². The van der Waals surface area contributed by atoms with Crippen LogP contribution < -0.4 is 10.2 Å². The predicted octanol–water partition coefficient (Wildman–Crippen LogP) is 4.13. The molecule has 1 fully saturated rings. The van der Waals surface area contributed by atoms with E-state index in [9.17, 15) is 9.59 Å². The first-order valence-corrected chi connectivity index (χ1v) is 9.39. The smallest absolute Gasteiger partial charge is 0.229 e. The zero-order chi connectivity index (χ0) is 18.3. The number of halogens is 1. The number of carbonyl (C=O) groups excluding carboxylic acids is 2. The normalized spacial score (nSPS) is 18.9. The third-order valence-electron chi connectivity index (χ3n) is 5.39. The van der Waals surface area contributed by atoms with Crippen molar-refractivity contribution in [3.8, 4) is 0 Å². The van der Waals surface area contributed by atoms with Crippen LogP contribution in [0.25, 0.3) is 0 Å². The van der Waals surface area contributed by atoms with Crippen LogP contribution >= 0.6 is 11.6 Å². The highest BCUT2D eigenvalue weighted by Gasteiger charge is 2.36. The van der Waals surface area contributed by atoms with Crippen LogP contribution in [-0.4, -0.2) is 18.4 Å². The maximum absolute atomic E-state index is 12.7. The highest BCUT2D eigenvalue weighted by molar-refractivity contribution is 6.31. The van der Waals surface area contributed by atoms with Crippen LogP contribution in [0.4, 0.5) is 11.4 Å². The van der Waals surface area contributed by atoms with E-state index >= 15 is 0 Å². The molecule has 0 unspecified atom stereocenters. The van der Waals surface area contributed by atoms with Gasteiger partial charge in [-0.1, -0.05) is 23.7 Å². The molecule has 0 radical (unpaired) electrons. The third-order valence-corrected chi connectivity index (χ3v) is 5.80. The zero-order valence-corrected chi connectivity index (χ0v) is 15.5. The van der Waals surface area contributed by atoms with E-state index in [-0.39, 0.29) is 24.2 Å². The number of rotatable bonds is 3. The molecule has 1 atom stereocenters. The topological polar surface area (TPSA) is 49.4 Å². The molecule has 2 aromatic rings. The summed E-state index contributed by atoms with van der Waals surface area (Å²) in [5, 5.41) is 3.61. The second kappa shape index (κ2) is 6.76. The predicted molar refractivity (Wildman–Crippen MR) is 104 cm³/mol. The van der Waals surface area contributed by atoms with Gasteiger partial charge in [-0.25, -0.2) is 0 Å². The Bertz CT molecular complexity index is 894. The van der Waals surface area contributed by atoms with E-state index in [1.54, 1.807) is 11.0 Å². The average Bonchev–Trinajstić information content (AvgIpc) is 3.23. The lowest BCUT2D eigenvalue weighted by molar-refractivity contribution is -0.122. The molecule has 0 saturated carbocycles. The summed E-state index contributed by atoms with van der Waals surface area (Å²) in [7, 11) is 0. The summed E-state index contributed by atoms with van der Waals surface area (Å²) in [6.45, 7) is 2.28. The number of nitrogens with one attached hydrogen (secondary N) is 1. The van der Waals surface area contributed by atoms with Gasteiger partial charge in [0.25, 0.3) is 0 Å². The third kappa shape index (κ3) is 3.10. The minimum atomic E-state index is -0.353. The van der Waals surface area contributed by atoms with Crippen molar-refractivity contribution in [2.45, 2.75) is 32.6 Å². The number of amides is 2. The maximum Gasteiger partial charge on any atom is 0.229 e. The summed E-state index contributed by atoms with van der Waals surface area (Å²) in [5.41, 5.74) is 5.17. The molecule has 4 rings (SSSR count). The van der Waals surface area contributed by atoms with Gasteiger partial charge in [-0.05, 0) is 67.1 Å². The van der Waals surface area contributed by atoms with Crippen molar-refractivity contribution in [3.05, 3.63) is 58.1 Å². The summed E-state index contributed by atoms with van der Waals surface area (Å²) in [6, 6.07) is 11.6. The van der Waals surface area contributed by atoms with Gasteiger partial charge in [-0.3, -0.25) is 9.59 Å². The number of carbonyl (C=O) groups is 2. The number of hydrogen-bond donors (Lipinski definition) is 1. The van der Waals surface area contributed by atoms with E-state index in [1.165, 1.54) is 17.5 Å². The highest BCUT2D eigenvalue weighted by atomic mass is 35.5. The number of aryl methyl sites for hydroxylation is 2. The Morgan fingerprint density at radius 1 is 1.19 bits per heavy atom. The van der Waals surface area contributed by atoms with Gasteiger partial charge in [-0.2, -0.15) is 0 Å². The summed E-state index contributed by atoms with van der Waals surface area (Å²) < 4.78 is 0. The second-order valence-electron chi connectivity index (χ2n) is 7.12.